The Morgan fingerprint density at radius 2 is 2.06 bits per heavy atom. The Morgan fingerprint density at radius 1 is 1.26 bits per heavy atom. The Labute approximate surface area is 206 Å². The number of aliphatic hydroxyl groups is 1. The third-order valence-corrected chi connectivity index (χ3v) is 5.95. The second-order valence-corrected chi connectivity index (χ2v) is 9.02. The molecule has 1 unspecified atom stereocenters. The number of nitrogens with two attached hydrogens (primary N) is 1. The number of hydrogen-bond donors (Lipinski definition) is 2. The molecule has 12 heteroatoms. The Balaban J connectivity index is 0.000000308. The summed E-state index contributed by atoms with van der Waals surface area (Å²) in [4.78, 5) is 25.7. The molecule has 2 aromatic heterocycles. The van der Waals surface area contributed by atoms with Crippen molar-refractivity contribution >= 4 is 40.6 Å². The summed E-state index contributed by atoms with van der Waals surface area (Å²) in [5.41, 5.74) is 7.08. The summed E-state index contributed by atoms with van der Waals surface area (Å²) in [6, 6.07) is 2.93. The van der Waals surface area contributed by atoms with E-state index in [1.807, 2.05) is 13.8 Å². The first-order chi connectivity index (χ1) is 16.8. The highest BCUT2D eigenvalue weighted by molar-refractivity contribution is 6.33. The van der Waals surface area contributed by atoms with Crippen LogP contribution in [0.2, 0.25) is 5.02 Å². The van der Waals surface area contributed by atoms with Crippen LogP contribution in [0.5, 0.6) is 0 Å². The zero-order chi connectivity index (χ0) is 25.1. The number of imidazole rings is 1. The lowest BCUT2D eigenvalue weighted by Gasteiger charge is -2.18. The Bertz CT molecular complexity index is 1210. The van der Waals surface area contributed by atoms with Crippen molar-refractivity contribution < 1.29 is 23.8 Å². The summed E-state index contributed by atoms with van der Waals surface area (Å²) in [5, 5.41) is 9.22. The lowest BCUT2D eigenvalue weighted by molar-refractivity contribution is 0.0512. The standard InChI is InChI=1S/C17H16ClFN6O2.C6H12O2/c1-8(2)25-12-6-9(13-10(18)7-21-15(20)22-13)5-11(19)14(12)23-16(25)24-3-4-27-17(24)26;7-6-3-1-2-4-8-5-6/h5-8H,3-4H2,1-2H3,(H2,20,21,22);6-7H,1-5H2. The fourth-order valence-corrected chi connectivity index (χ4v) is 4.22. The van der Waals surface area contributed by atoms with Crippen LogP contribution in [0.4, 0.5) is 21.1 Å². The minimum absolute atomic E-state index is 0.0350. The molecule has 2 aliphatic heterocycles. The normalized spacial score (nSPS) is 18.4. The molecule has 0 saturated carbocycles. The average molecular weight is 507 g/mol. The van der Waals surface area contributed by atoms with Gasteiger partial charge in [-0.05, 0) is 45.2 Å². The van der Waals surface area contributed by atoms with Crippen molar-refractivity contribution in [2.45, 2.75) is 45.3 Å². The van der Waals surface area contributed by atoms with Gasteiger partial charge in [0, 0.05) is 18.2 Å². The van der Waals surface area contributed by atoms with E-state index in [9.17, 15) is 9.18 Å². The van der Waals surface area contributed by atoms with Gasteiger partial charge in [0.25, 0.3) is 0 Å². The molecule has 1 aromatic carbocycles. The number of aromatic nitrogens is 4. The highest BCUT2D eigenvalue weighted by Crippen LogP contribution is 2.34. The predicted molar refractivity (Wildman–Crippen MR) is 130 cm³/mol. The molecule has 35 heavy (non-hydrogen) atoms. The lowest BCUT2D eigenvalue weighted by atomic mass is 10.1. The third-order valence-electron chi connectivity index (χ3n) is 5.67. The van der Waals surface area contributed by atoms with E-state index < -0.39 is 11.9 Å². The van der Waals surface area contributed by atoms with Gasteiger partial charge in [-0.2, -0.15) is 0 Å². The maximum absolute atomic E-state index is 14.9. The largest absolute Gasteiger partial charge is 0.447 e. The molecule has 5 rings (SSSR count). The van der Waals surface area contributed by atoms with Crippen molar-refractivity contribution in [3.63, 3.8) is 0 Å². The van der Waals surface area contributed by atoms with E-state index in [1.54, 1.807) is 10.6 Å². The van der Waals surface area contributed by atoms with Crippen molar-refractivity contribution in [3.8, 4) is 11.3 Å². The molecule has 2 saturated heterocycles. The minimum atomic E-state index is -0.552. The fraction of sp³-hybridized carbons (Fsp3) is 0.478. The Morgan fingerprint density at radius 3 is 2.77 bits per heavy atom. The summed E-state index contributed by atoms with van der Waals surface area (Å²) in [6.07, 6.45) is 3.81. The number of hydrogen-bond acceptors (Lipinski definition) is 8. The van der Waals surface area contributed by atoms with E-state index in [2.05, 4.69) is 15.0 Å². The average Bonchev–Trinajstić information content (AvgIpc) is 3.33. The SMILES string of the molecule is CC(C)n1c(N2CCOC2=O)nc2c(F)cc(-c3nc(N)ncc3Cl)cc21.OC1CCCCOC1. The maximum atomic E-state index is 14.9. The molecule has 188 valence electrons. The second-order valence-electron chi connectivity index (χ2n) is 8.62. The van der Waals surface area contributed by atoms with E-state index >= 15 is 0 Å². The van der Waals surface area contributed by atoms with Gasteiger partial charge in [0.1, 0.15) is 12.1 Å². The number of nitrogen functional groups attached to an aromatic ring is 1. The van der Waals surface area contributed by atoms with Gasteiger partial charge in [0.15, 0.2) is 5.82 Å². The van der Waals surface area contributed by atoms with Crippen LogP contribution in [0.25, 0.3) is 22.3 Å². The smallest absolute Gasteiger partial charge is 0.416 e. The van der Waals surface area contributed by atoms with Gasteiger partial charge in [-0.15, -0.1) is 0 Å². The number of carbonyl (C=O) groups is 1. The molecule has 3 aromatic rings. The molecule has 1 amide bonds. The number of aliphatic hydroxyl groups excluding tert-OH is 1. The third kappa shape index (κ3) is 5.47. The first kappa shape index (κ1) is 25.1. The zero-order valence-corrected chi connectivity index (χ0v) is 20.3. The molecule has 10 nitrogen and oxygen atoms in total. The molecular weight excluding hydrogens is 479 g/mol. The summed E-state index contributed by atoms with van der Waals surface area (Å²) in [5.74, 6) is -0.177. The van der Waals surface area contributed by atoms with E-state index in [4.69, 9.17) is 31.9 Å². The van der Waals surface area contributed by atoms with Crippen LogP contribution < -0.4 is 10.6 Å². The van der Waals surface area contributed by atoms with Crippen LogP contribution in [0.3, 0.4) is 0 Å². The molecule has 0 spiro atoms. The molecule has 3 N–H and O–H groups in total. The summed E-state index contributed by atoms with van der Waals surface area (Å²) >= 11 is 6.17. The first-order valence-corrected chi connectivity index (χ1v) is 11.8. The van der Waals surface area contributed by atoms with Gasteiger partial charge in [-0.3, -0.25) is 0 Å². The Kier molecular flexibility index (Phi) is 7.68. The van der Waals surface area contributed by atoms with Crippen LogP contribution >= 0.6 is 11.6 Å². The molecule has 1 atom stereocenters. The van der Waals surface area contributed by atoms with Crippen LogP contribution in [-0.4, -0.2) is 63.2 Å². The molecule has 0 radical (unpaired) electrons. The summed E-state index contributed by atoms with van der Waals surface area (Å²) < 4.78 is 26.7. The van der Waals surface area contributed by atoms with Crippen LogP contribution in [0.15, 0.2) is 18.3 Å². The van der Waals surface area contributed by atoms with Crippen molar-refractivity contribution in [2.75, 3.05) is 37.0 Å². The number of benzene rings is 1. The summed E-state index contributed by atoms with van der Waals surface area (Å²) in [7, 11) is 0. The molecule has 2 aliphatic rings. The van der Waals surface area contributed by atoms with Gasteiger partial charge >= 0.3 is 6.09 Å². The number of ether oxygens (including phenoxy) is 2. The molecule has 4 heterocycles. The number of amides is 1. The maximum Gasteiger partial charge on any atom is 0.416 e. The second kappa shape index (κ2) is 10.7. The van der Waals surface area contributed by atoms with Crippen molar-refractivity contribution in [3.05, 3.63) is 29.2 Å². The van der Waals surface area contributed by atoms with Gasteiger partial charge in [0.2, 0.25) is 11.9 Å². The predicted octanol–water partition coefficient (Wildman–Crippen LogP) is 3.95. The number of cyclic esters (lactones) is 1. The van der Waals surface area contributed by atoms with Gasteiger partial charge in [0.05, 0.1) is 41.7 Å². The van der Waals surface area contributed by atoms with Crippen molar-refractivity contribution in [1.82, 2.24) is 19.5 Å². The quantitative estimate of drug-likeness (QED) is 0.546. The van der Waals surface area contributed by atoms with Crippen LogP contribution in [0.1, 0.15) is 39.2 Å². The van der Waals surface area contributed by atoms with Gasteiger partial charge < -0.3 is 24.9 Å². The first-order valence-electron chi connectivity index (χ1n) is 11.5. The molecule has 0 bridgehead atoms. The van der Waals surface area contributed by atoms with Crippen molar-refractivity contribution in [2.24, 2.45) is 0 Å². The highest BCUT2D eigenvalue weighted by atomic mass is 35.5. The lowest BCUT2D eigenvalue weighted by Crippen LogP contribution is -2.27. The zero-order valence-electron chi connectivity index (χ0n) is 19.6. The number of nitrogens with zero attached hydrogens (tertiary/aromatic N) is 5. The highest BCUT2D eigenvalue weighted by Gasteiger charge is 2.30. The number of fused-ring (bicyclic) bond motifs is 1. The topological polar surface area (TPSA) is 129 Å². The molecule has 0 aliphatic carbocycles. The number of rotatable bonds is 3. The number of halogens is 2. The fourth-order valence-electron chi connectivity index (χ4n) is 4.02. The van der Waals surface area contributed by atoms with Crippen LogP contribution in [-0.2, 0) is 9.47 Å². The number of anilines is 2. The van der Waals surface area contributed by atoms with Gasteiger partial charge in [-0.25, -0.2) is 29.0 Å². The van der Waals surface area contributed by atoms with E-state index in [1.165, 1.54) is 17.2 Å². The molecular formula is C23H28ClFN6O4. The van der Waals surface area contributed by atoms with E-state index in [0.29, 0.717) is 35.9 Å². The van der Waals surface area contributed by atoms with Crippen molar-refractivity contribution in [1.29, 1.82) is 0 Å². The minimum Gasteiger partial charge on any atom is -0.447 e. The summed E-state index contributed by atoms with van der Waals surface area (Å²) in [6.45, 7) is 5.84. The van der Waals surface area contributed by atoms with Gasteiger partial charge in [-0.1, -0.05) is 11.6 Å². The Hall–Kier alpha value is -3.02. The van der Waals surface area contributed by atoms with E-state index in [0.717, 1.165) is 25.9 Å². The monoisotopic (exact) mass is 506 g/mol. The molecule has 2 fully saturated rings. The number of carbonyl (C=O) groups excluding carboxylic acids is 1. The van der Waals surface area contributed by atoms with Crippen LogP contribution in [0, 0.1) is 5.82 Å². The van der Waals surface area contributed by atoms with E-state index in [-0.39, 0.29) is 35.2 Å².